The number of aliphatic hydroxyl groups excluding tert-OH is 1. The van der Waals surface area contributed by atoms with Gasteiger partial charge in [0.05, 0.1) is 17.0 Å². The lowest BCUT2D eigenvalue weighted by Gasteiger charge is -2.25. The van der Waals surface area contributed by atoms with Crippen LogP contribution in [0.25, 0.3) is 10.9 Å². The molecule has 2 aromatic rings. The molecule has 2 aliphatic rings. The Morgan fingerprint density at radius 2 is 1.86 bits per heavy atom. The molecule has 0 spiro atoms. The van der Waals surface area contributed by atoms with E-state index in [1.54, 1.807) is 18.2 Å². The van der Waals surface area contributed by atoms with E-state index in [4.69, 9.17) is 9.47 Å². The zero-order valence-corrected chi connectivity index (χ0v) is 22.8. The smallest absolute Gasteiger partial charge is 0.240 e. The van der Waals surface area contributed by atoms with Crippen LogP contribution >= 0.6 is 0 Å². The minimum atomic E-state index is -3.69. The Labute approximate surface area is 221 Å². The number of pyridine rings is 1. The molecule has 1 aliphatic heterocycles. The molecule has 0 amide bonds. The van der Waals surface area contributed by atoms with E-state index in [1.165, 1.54) is 32.1 Å². The minimum Gasteiger partial charge on any atom is -0.396 e. The van der Waals surface area contributed by atoms with Crippen molar-refractivity contribution in [3.8, 4) is 0 Å². The molecule has 9 heteroatoms. The van der Waals surface area contributed by atoms with Crippen LogP contribution in [0.2, 0.25) is 0 Å². The van der Waals surface area contributed by atoms with Crippen molar-refractivity contribution in [3.05, 3.63) is 30.3 Å². The Balaban J connectivity index is 1.29. The van der Waals surface area contributed by atoms with Gasteiger partial charge in [-0.1, -0.05) is 19.3 Å². The Bertz CT molecular complexity index is 1080. The fourth-order valence-corrected chi connectivity index (χ4v) is 6.55. The van der Waals surface area contributed by atoms with Gasteiger partial charge < -0.3 is 19.9 Å². The van der Waals surface area contributed by atoms with Crippen LogP contribution in [-0.2, 0) is 19.5 Å². The minimum absolute atomic E-state index is 0.0403. The van der Waals surface area contributed by atoms with Gasteiger partial charge >= 0.3 is 0 Å². The van der Waals surface area contributed by atoms with Crippen molar-refractivity contribution in [2.75, 3.05) is 44.9 Å². The summed E-state index contributed by atoms with van der Waals surface area (Å²) in [5.41, 5.74) is 0.729. The fraction of sp³-hybridized carbons (Fsp3) is 0.679. The molecular weight excluding hydrogens is 490 g/mol. The number of sulfonamides is 1. The van der Waals surface area contributed by atoms with Crippen LogP contribution in [0.15, 0.2) is 35.2 Å². The van der Waals surface area contributed by atoms with E-state index >= 15 is 0 Å². The highest BCUT2D eigenvalue weighted by Gasteiger charge is 2.22. The number of aliphatic hydroxyl groups is 1. The Morgan fingerprint density at radius 3 is 2.62 bits per heavy atom. The number of hydrogen-bond acceptors (Lipinski definition) is 7. The van der Waals surface area contributed by atoms with E-state index in [0.717, 1.165) is 55.8 Å². The van der Waals surface area contributed by atoms with Crippen LogP contribution in [0, 0.1) is 17.8 Å². The number of benzene rings is 1. The van der Waals surface area contributed by atoms with Gasteiger partial charge in [-0.05, 0) is 87.1 Å². The van der Waals surface area contributed by atoms with Gasteiger partial charge in [0.1, 0.15) is 5.82 Å². The van der Waals surface area contributed by atoms with Crippen molar-refractivity contribution in [2.45, 2.75) is 69.2 Å². The average Bonchev–Trinajstić information content (AvgIpc) is 2.92. The van der Waals surface area contributed by atoms with Gasteiger partial charge in [0.2, 0.25) is 10.0 Å². The number of ether oxygens (including phenoxy) is 2. The third-order valence-electron chi connectivity index (χ3n) is 7.64. The van der Waals surface area contributed by atoms with Gasteiger partial charge in [-0.15, -0.1) is 0 Å². The Morgan fingerprint density at radius 1 is 1.08 bits per heavy atom. The maximum atomic E-state index is 13.0. The first-order valence-corrected chi connectivity index (χ1v) is 15.3. The standard InChI is InChI=1S/C28H43N3O5S/c1-21(19-36-20-23-5-3-2-4-6-23)30-28-10-7-25-16-26(8-9-27(25)31-28)37(33,34)29-17-24(18-32)15-22-11-13-35-14-12-22/h7-10,16,21-24,29,32H,2-6,11-15,17-20H2,1H3,(H,30,31). The summed E-state index contributed by atoms with van der Waals surface area (Å²) < 4.78 is 40.0. The largest absolute Gasteiger partial charge is 0.396 e. The molecule has 3 N–H and O–H groups in total. The lowest BCUT2D eigenvalue weighted by atomic mass is 9.89. The van der Waals surface area contributed by atoms with Crippen LogP contribution in [0.1, 0.15) is 58.3 Å². The van der Waals surface area contributed by atoms with Gasteiger partial charge in [0.25, 0.3) is 0 Å². The molecule has 1 aromatic heterocycles. The first kappa shape index (κ1) is 28.2. The highest BCUT2D eigenvalue weighted by molar-refractivity contribution is 7.89. The summed E-state index contributed by atoms with van der Waals surface area (Å²) in [6, 6.07) is 8.87. The van der Waals surface area contributed by atoms with E-state index in [0.29, 0.717) is 18.4 Å². The lowest BCUT2D eigenvalue weighted by molar-refractivity contribution is 0.0544. The molecule has 1 aromatic carbocycles. The molecule has 2 unspecified atom stereocenters. The topological polar surface area (TPSA) is 110 Å². The molecular formula is C28H43N3O5S. The number of fused-ring (bicyclic) bond motifs is 1. The number of nitrogens with zero attached hydrogens (tertiary/aromatic N) is 1. The summed E-state index contributed by atoms with van der Waals surface area (Å²) in [5.74, 6) is 1.80. The highest BCUT2D eigenvalue weighted by Crippen LogP contribution is 2.25. The molecule has 2 atom stereocenters. The zero-order valence-electron chi connectivity index (χ0n) is 22.0. The summed E-state index contributed by atoms with van der Waals surface area (Å²) in [4.78, 5) is 4.87. The van der Waals surface area contributed by atoms with E-state index in [2.05, 4.69) is 21.9 Å². The molecule has 1 saturated carbocycles. The first-order valence-electron chi connectivity index (χ1n) is 13.9. The summed E-state index contributed by atoms with van der Waals surface area (Å²) in [5, 5.41) is 13.9. The highest BCUT2D eigenvalue weighted by atomic mass is 32.2. The maximum absolute atomic E-state index is 13.0. The quantitative estimate of drug-likeness (QED) is 0.351. The van der Waals surface area contributed by atoms with Crippen LogP contribution in [-0.4, -0.2) is 64.1 Å². The fourth-order valence-electron chi connectivity index (χ4n) is 5.40. The van der Waals surface area contributed by atoms with E-state index < -0.39 is 10.0 Å². The average molecular weight is 534 g/mol. The van der Waals surface area contributed by atoms with Crippen molar-refractivity contribution in [1.82, 2.24) is 9.71 Å². The van der Waals surface area contributed by atoms with Gasteiger partial charge in [-0.3, -0.25) is 0 Å². The second-order valence-electron chi connectivity index (χ2n) is 10.8. The summed E-state index contributed by atoms with van der Waals surface area (Å²) in [7, 11) is -3.69. The number of aromatic nitrogens is 1. The van der Waals surface area contributed by atoms with Crippen LogP contribution in [0.5, 0.6) is 0 Å². The van der Waals surface area contributed by atoms with Gasteiger partial charge in [0, 0.05) is 44.4 Å². The predicted molar refractivity (Wildman–Crippen MR) is 146 cm³/mol. The van der Waals surface area contributed by atoms with Gasteiger partial charge in [-0.25, -0.2) is 18.1 Å². The normalized spacial score (nSPS) is 19.6. The summed E-state index contributed by atoms with van der Waals surface area (Å²) >= 11 is 0. The summed E-state index contributed by atoms with van der Waals surface area (Å²) in [6.07, 6.45) is 9.27. The third-order valence-corrected chi connectivity index (χ3v) is 9.06. The third kappa shape index (κ3) is 8.61. The predicted octanol–water partition coefficient (Wildman–Crippen LogP) is 4.34. The summed E-state index contributed by atoms with van der Waals surface area (Å²) in [6.45, 7) is 5.20. The molecule has 2 fully saturated rings. The molecule has 206 valence electrons. The van der Waals surface area contributed by atoms with E-state index in [1.807, 2.05) is 12.1 Å². The monoisotopic (exact) mass is 533 g/mol. The Kier molecular flexibility index (Phi) is 10.6. The molecule has 1 saturated heterocycles. The second kappa shape index (κ2) is 13.8. The van der Waals surface area contributed by atoms with Crippen LogP contribution < -0.4 is 10.0 Å². The second-order valence-corrected chi connectivity index (χ2v) is 12.6. The zero-order chi connectivity index (χ0) is 26.1. The van der Waals surface area contributed by atoms with Gasteiger partial charge in [0.15, 0.2) is 0 Å². The first-order chi connectivity index (χ1) is 17.9. The lowest BCUT2D eigenvalue weighted by Crippen LogP contribution is -2.32. The maximum Gasteiger partial charge on any atom is 0.240 e. The van der Waals surface area contributed by atoms with Crippen molar-refractivity contribution >= 4 is 26.7 Å². The van der Waals surface area contributed by atoms with E-state index in [9.17, 15) is 13.5 Å². The number of nitrogens with one attached hydrogen (secondary N) is 2. The van der Waals surface area contributed by atoms with Crippen LogP contribution in [0.3, 0.4) is 0 Å². The Hall–Kier alpha value is -1.78. The number of hydrogen-bond donors (Lipinski definition) is 3. The number of rotatable bonds is 13. The van der Waals surface area contributed by atoms with Crippen molar-refractivity contribution < 1.29 is 23.0 Å². The molecule has 4 rings (SSSR count). The molecule has 0 bridgehead atoms. The molecule has 2 heterocycles. The van der Waals surface area contributed by atoms with Gasteiger partial charge in [-0.2, -0.15) is 0 Å². The number of anilines is 1. The molecule has 8 nitrogen and oxygen atoms in total. The van der Waals surface area contributed by atoms with Crippen molar-refractivity contribution in [3.63, 3.8) is 0 Å². The molecule has 1 aliphatic carbocycles. The molecule has 0 radical (unpaired) electrons. The molecule has 37 heavy (non-hydrogen) atoms. The van der Waals surface area contributed by atoms with E-state index in [-0.39, 0.29) is 30.0 Å². The van der Waals surface area contributed by atoms with Crippen LogP contribution in [0.4, 0.5) is 5.82 Å². The SMILES string of the molecule is CC(COCC1CCCCC1)Nc1ccc2cc(S(=O)(=O)NCC(CO)CC3CCOCC3)ccc2n1. The van der Waals surface area contributed by atoms with Crippen molar-refractivity contribution in [1.29, 1.82) is 0 Å². The van der Waals surface area contributed by atoms with Crippen molar-refractivity contribution in [2.24, 2.45) is 17.8 Å².